The van der Waals surface area contributed by atoms with Crippen LogP contribution in [0.3, 0.4) is 0 Å². The van der Waals surface area contributed by atoms with Crippen molar-refractivity contribution in [2.24, 2.45) is 22.9 Å². The number of carbonyl (C=O) groups excluding carboxylic acids is 2. The Labute approximate surface area is 382 Å². The Morgan fingerprint density at radius 1 is 0.969 bits per heavy atom. The molecule has 2 aliphatic carbocycles. The predicted molar refractivity (Wildman–Crippen MR) is 241 cm³/mol. The molecule has 4 aliphatic rings. The van der Waals surface area contributed by atoms with Gasteiger partial charge in [0.25, 0.3) is 0 Å². The van der Waals surface area contributed by atoms with Gasteiger partial charge in [-0.25, -0.2) is 9.59 Å². The van der Waals surface area contributed by atoms with Gasteiger partial charge in [0.05, 0.1) is 57.9 Å². The fourth-order valence-electron chi connectivity index (χ4n) is 9.65. The number of allylic oxidation sites excluding steroid dienone is 1. The number of hydrogen-bond acceptors (Lipinski definition) is 14. The lowest BCUT2D eigenvalue weighted by atomic mass is 9.55. The van der Waals surface area contributed by atoms with E-state index >= 15 is 0 Å². The molecule has 2 aromatic rings. The molecule has 1 saturated carbocycles. The first-order valence-electron chi connectivity index (χ1n) is 23.4. The molecule has 16 nitrogen and oxygen atoms in total. The Kier molecular flexibility index (Phi) is 19.9. The third-order valence-corrected chi connectivity index (χ3v) is 12.5. The van der Waals surface area contributed by atoms with Gasteiger partial charge in [0, 0.05) is 50.6 Å². The average molecular weight is 908 g/mol. The highest BCUT2D eigenvalue weighted by molar-refractivity contribution is 6.03. The molecular formula is C49H69N3O13. The summed E-state index contributed by atoms with van der Waals surface area (Å²) in [6, 6.07) is 14.2. The molecular weight excluding hydrogens is 839 g/mol. The molecule has 1 saturated heterocycles. The van der Waals surface area contributed by atoms with Crippen LogP contribution in [0, 0.1) is 17.8 Å². The maximum absolute atomic E-state index is 14.7. The van der Waals surface area contributed by atoms with E-state index in [-0.39, 0.29) is 83.6 Å². The zero-order chi connectivity index (χ0) is 45.9. The van der Waals surface area contributed by atoms with E-state index in [0.29, 0.717) is 56.2 Å². The monoisotopic (exact) mass is 907 g/mol. The molecule has 65 heavy (non-hydrogen) atoms. The third kappa shape index (κ3) is 13.1. The number of carbonyl (C=O) groups is 2. The summed E-state index contributed by atoms with van der Waals surface area (Å²) < 4.78 is 43.7. The van der Waals surface area contributed by atoms with E-state index in [1.54, 1.807) is 23.1 Å². The molecule has 0 aromatic heterocycles. The standard InChI is InChI=1S/C49H69N3O13/c1-3-25-62-49-43(52(21-27-58-28-24-55)48(57)61-30-29-59-34-35-14-6-5-7-15-35)33-41(51-65-44-18-10-13-26-60-44)39-31-36(16-8-11-22-53)38(17-9-12-23-54)45(46(39)49)40-32-37(19-20-42(40)64-49)63-47(56)50-4-2/h3,5-7,14-15,19-20,31-32,36,38,43-46,53-55H,1,4,8-13,16-18,21-30,33-34H2,2H3,(H,50,56)/t36-,38+,43-,44?,45+,46+,49+/m0/s1. The Morgan fingerprint density at radius 3 is 2.52 bits per heavy atom. The second-order valence-electron chi connectivity index (χ2n) is 16.8. The summed E-state index contributed by atoms with van der Waals surface area (Å²) in [4.78, 5) is 35.3. The Hall–Kier alpha value is -4.55. The van der Waals surface area contributed by atoms with Crippen molar-refractivity contribution in [3.8, 4) is 11.5 Å². The van der Waals surface area contributed by atoms with Crippen LogP contribution in [-0.4, -0.2) is 129 Å². The molecule has 4 N–H and O–H groups in total. The maximum Gasteiger partial charge on any atom is 0.412 e. The quantitative estimate of drug-likeness (QED) is 0.0447. The third-order valence-electron chi connectivity index (χ3n) is 12.5. The summed E-state index contributed by atoms with van der Waals surface area (Å²) in [7, 11) is 0. The van der Waals surface area contributed by atoms with Gasteiger partial charge in [-0.15, -0.1) is 6.58 Å². The lowest BCUT2D eigenvalue weighted by Crippen LogP contribution is -2.70. The summed E-state index contributed by atoms with van der Waals surface area (Å²) in [6.07, 6.45) is 9.00. The SMILES string of the molecule is C=CCO[C@@]12Oc3ccc(OC(=O)NCC)cc3[C@H]3[C@H](CCCCO)[C@@H](CCCCO)C=C(C(=NOC4CCCCO4)C[C@@H]1N(CCOCCO)C(=O)OCCOCc1ccccc1)[C@H]32. The molecule has 2 amide bonds. The van der Waals surface area contributed by atoms with Crippen molar-refractivity contribution in [2.75, 3.05) is 72.6 Å². The fourth-order valence-corrected chi connectivity index (χ4v) is 9.65. The maximum atomic E-state index is 14.7. The van der Waals surface area contributed by atoms with Crippen LogP contribution >= 0.6 is 0 Å². The van der Waals surface area contributed by atoms with Gasteiger partial charge in [-0.3, -0.25) is 4.90 Å². The Balaban J connectivity index is 1.49. The minimum atomic E-state index is -1.56. The fraction of sp³-hybridized carbons (Fsp3) is 0.612. The van der Waals surface area contributed by atoms with Crippen molar-refractivity contribution < 1.29 is 62.9 Å². The normalized spacial score (nSPS) is 25.0. The first kappa shape index (κ1) is 49.9. The van der Waals surface area contributed by atoms with Crippen LogP contribution in [0.2, 0.25) is 0 Å². The van der Waals surface area contributed by atoms with Gasteiger partial charge in [-0.2, -0.15) is 0 Å². The highest BCUT2D eigenvalue weighted by atomic mass is 16.8. The highest BCUT2D eigenvalue weighted by Gasteiger charge is 2.65. The molecule has 2 aromatic carbocycles. The number of rotatable bonds is 26. The minimum Gasteiger partial charge on any atom is -0.459 e. The van der Waals surface area contributed by atoms with Crippen LogP contribution in [0.25, 0.3) is 0 Å². The van der Waals surface area contributed by atoms with E-state index in [4.69, 9.17) is 43.2 Å². The molecule has 0 spiro atoms. The van der Waals surface area contributed by atoms with Crippen LogP contribution in [-0.2, 0) is 35.1 Å². The Morgan fingerprint density at radius 2 is 1.78 bits per heavy atom. The van der Waals surface area contributed by atoms with Crippen molar-refractivity contribution in [3.05, 3.63) is 84.0 Å². The van der Waals surface area contributed by atoms with Gasteiger partial charge in [-0.05, 0) is 86.6 Å². The summed E-state index contributed by atoms with van der Waals surface area (Å²) in [6.45, 7) is 7.38. The number of unbranched alkanes of at least 4 members (excludes halogenated alkanes) is 2. The molecule has 2 fully saturated rings. The second kappa shape index (κ2) is 26.0. The van der Waals surface area contributed by atoms with Crippen molar-refractivity contribution in [3.63, 3.8) is 0 Å². The lowest BCUT2D eigenvalue weighted by molar-refractivity contribution is -0.256. The number of oxime groups is 1. The average Bonchev–Trinajstić information content (AvgIpc) is 3.32. The second-order valence-corrected chi connectivity index (χ2v) is 16.8. The van der Waals surface area contributed by atoms with E-state index < -0.39 is 36.2 Å². The Bertz CT molecular complexity index is 1860. The molecule has 2 heterocycles. The van der Waals surface area contributed by atoms with Gasteiger partial charge in [-0.1, -0.05) is 60.5 Å². The van der Waals surface area contributed by atoms with Gasteiger partial charge in [0.15, 0.2) is 0 Å². The number of nitrogens with one attached hydrogen (secondary N) is 1. The number of hydrogen-bond donors (Lipinski definition) is 4. The van der Waals surface area contributed by atoms with Gasteiger partial charge >= 0.3 is 12.2 Å². The molecule has 1 unspecified atom stereocenters. The van der Waals surface area contributed by atoms with Crippen molar-refractivity contribution >= 4 is 17.9 Å². The van der Waals surface area contributed by atoms with Crippen LogP contribution < -0.4 is 14.8 Å². The van der Waals surface area contributed by atoms with E-state index in [1.165, 1.54) is 0 Å². The minimum absolute atomic E-state index is 0.0102. The van der Waals surface area contributed by atoms with Crippen LogP contribution in [0.15, 0.2) is 78.0 Å². The first-order valence-corrected chi connectivity index (χ1v) is 23.4. The van der Waals surface area contributed by atoms with E-state index in [2.05, 4.69) is 18.0 Å². The number of aliphatic hydroxyl groups is 3. The zero-order valence-corrected chi connectivity index (χ0v) is 37.8. The van der Waals surface area contributed by atoms with E-state index in [0.717, 1.165) is 55.2 Å². The van der Waals surface area contributed by atoms with E-state index in [1.807, 2.05) is 43.3 Å². The molecule has 7 atom stereocenters. The number of amides is 2. The van der Waals surface area contributed by atoms with E-state index in [9.17, 15) is 24.9 Å². The summed E-state index contributed by atoms with van der Waals surface area (Å²) in [5, 5.41) is 37.1. The summed E-state index contributed by atoms with van der Waals surface area (Å²) >= 11 is 0. The van der Waals surface area contributed by atoms with Crippen molar-refractivity contribution in [2.45, 2.75) is 102 Å². The molecule has 16 heteroatoms. The first-order chi connectivity index (χ1) is 31.9. The highest BCUT2D eigenvalue weighted by Crippen LogP contribution is 2.62. The number of aliphatic hydroxyl groups excluding tert-OH is 3. The van der Waals surface area contributed by atoms with Gasteiger partial charge < -0.3 is 58.6 Å². The largest absolute Gasteiger partial charge is 0.459 e. The van der Waals surface area contributed by atoms with Gasteiger partial charge in [0.2, 0.25) is 12.1 Å². The predicted octanol–water partition coefficient (Wildman–Crippen LogP) is 6.62. The van der Waals surface area contributed by atoms with Crippen LogP contribution in [0.1, 0.15) is 88.2 Å². The zero-order valence-electron chi connectivity index (χ0n) is 37.8. The molecule has 6 rings (SSSR count). The van der Waals surface area contributed by atoms with Crippen molar-refractivity contribution in [1.29, 1.82) is 0 Å². The number of fused-ring (bicyclic) bond motifs is 2. The molecule has 0 radical (unpaired) electrons. The number of benzene rings is 2. The number of nitrogens with zero attached hydrogens (tertiary/aromatic N) is 2. The number of ether oxygens (including phenoxy) is 7. The molecule has 358 valence electrons. The summed E-state index contributed by atoms with van der Waals surface area (Å²) in [5.74, 6) is -1.76. The van der Waals surface area contributed by atoms with Crippen LogP contribution in [0.5, 0.6) is 11.5 Å². The summed E-state index contributed by atoms with van der Waals surface area (Å²) in [5.41, 5.74) is 3.23. The molecule has 2 aliphatic heterocycles. The van der Waals surface area contributed by atoms with Crippen molar-refractivity contribution in [1.82, 2.24) is 10.2 Å². The van der Waals surface area contributed by atoms with Gasteiger partial charge in [0.1, 0.15) is 24.1 Å². The smallest absolute Gasteiger partial charge is 0.412 e. The topological polar surface area (TPSA) is 196 Å². The molecule has 0 bridgehead atoms. The van der Waals surface area contributed by atoms with Crippen LogP contribution in [0.4, 0.5) is 9.59 Å². The lowest BCUT2D eigenvalue weighted by Gasteiger charge is -2.59.